The van der Waals surface area contributed by atoms with E-state index in [1.54, 1.807) is 41.7 Å². The number of amides is 2. The summed E-state index contributed by atoms with van der Waals surface area (Å²) in [6.45, 7) is -0.0511. The summed E-state index contributed by atoms with van der Waals surface area (Å²) in [7, 11) is 0. The normalized spacial score (nSPS) is 21.3. The number of aromatic amines is 1. The first-order valence-corrected chi connectivity index (χ1v) is 11.7. The number of nitrogens with zero attached hydrogens (tertiary/aromatic N) is 4. The Kier molecular flexibility index (Phi) is 5.17. The van der Waals surface area contributed by atoms with Gasteiger partial charge in [0.1, 0.15) is 18.1 Å². The third-order valence-electron chi connectivity index (χ3n) is 6.95. The Morgan fingerprint density at radius 3 is 2.77 bits per heavy atom. The molecule has 9 heteroatoms. The Hall–Kier alpha value is -4.27. The van der Waals surface area contributed by atoms with Crippen molar-refractivity contribution < 1.29 is 14.3 Å². The SMILES string of the molecule is O=C(CN1C(=O)C2(CCC(Oc3cnc4[nH]ncc4c3)CC2)c2ccccc21)Nc1ccccn1. The maximum Gasteiger partial charge on any atom is 0.245 e. The summed E-state index contributed by atoms with van der Waals surface area (Å²) < 4.78 is 6.22. The molecule has 0 saturated heterocycles. The number of carbonyl (C=O) groups is 2. The number of pyridine rings is 2. The van der Waals surface area contributed by atoms with Gasteiger partial charge in [-0.05, 0) is 55.5 Å². The van der Waals surface area contributed by atoms with Crippen LogP contribution in [0.1, 0.15) is 31.2 Å². The number of H-pyrrole nitrogens is 1. The molecule has 1 aliphatic heterocycles. The second kappa shape index (κ2) is 8.50. The van der Waals surface area contributed by atoms with E-state index in [4.69, 9.17) is 4.74 Å². The molecule has 2 amide bonds. The molecular formula is C26H24N6O3. The van der Waals surface area contributed by atoms with Crippen LogP contribution in [0, 0.1) is 0 Å². The maximum atomic E-state index is 13.8. The van der Waals surface area contributed by atoms with Crippen LogP contribution in [0.5, 0.6) is 5.75 Å². The van der Waals surface area contributed by atoms with Crippen molar-refractivity contribution in [2.75, 3.05) is 16.8 Å². The van der Waals surface area contributed by atoms with Crippen LogP contribution >= 0.6 is 0 Å². The number of anilines is 2. The maximum absolute atomic E-state index is 13.8. The van der Waals surface area contributed by atoms with Crippen LogP contribution in [-0.2, 0) is 15.0 Å². The van der Waals surface area contributed by atoms with Gasteiger partial charge in [-0.15, -0.1) is 0 Å². The quantitative estimate of drug-likeness (QED) is 0.463. The smallest absolute Gasteiger partial charge is 0.245 e. The van der Waals surface area contributed by atoms with Gasteiger partial charge >= 0.3 is 0 Å². The molecule has 1 aromatic carbocycles. The zero-order valence-electron chi connectivity index (χ0n) is 19.0. The molecule has 3 aromatic heterocycles. The molecule has 9 nitrogen and oxygen atoms in total. The monoisotopic (exact) mass is 468 g/mol. The number of fused-ring (bicyclic) bond motifs is 3. The zero-order chi connectivity index (χ0) is 23.8. The second-order valence-corrected chi connectivity index (χ2v) is 9.05. The molecule has 4 aromatic rings. The minimum Gasteiger partial charge on any atom is -0.489 e. The Bertz CT molecular complexity index is 1390. The van der Waals surface area contributed by atoms with E-state index in [-0.39, 0.29) is 24.5 Å². The first-order valence-electron chi connectivity index (χ1n) is 11.7. The van der Waals surface area contributed by atoms with E-state index in [1.807, 2.05) is 30.3 Å². The van der Waals surface area contributed by atoms with Gasteiger partial charge < -0.3 is 15.0 Å². The van der Waals surface area contributed by atoms with Crippen LogP contribution < -0.4 is 15.0 Å². The average molecular weight is 469 g/mol. The third-order valence-corrected chi connectivity index (χ3v) is 6.95. The van der Waals surface area contributed by atoms with Crippen LogP contribution in [-0.4, -0.2) is 44.6 Å². The number of para-hydroxylation sites is 1. The van der Waals surface area contributed by atoms with E-state index < -0.39 is 5.41 Å². The van der Waals surface area contributed by atoms with E-state index in [9.17, 15) is 9.59 Å². The fourth-order valence-corrected chi connectivity index (χ4v) is 5.27. The molecule has 6 rings (SSSR count). The predicted molar refractivity (Wildman–Crippen MR) is 130 cm³/mol. The standard InChI is InChI=1S/C26H24N6O3/c33-23(30-22-7-3-4-12-27-22)16-32-21-6-2-1-5-20(21)26(25(32)34)10-8-18(9-11-26)35-19-13-17-14-29-31-24(17)28-15-19/h1-7,12-15,18H,8-11,16H2,(H,27,30,33)(H,28,29,31). The van der Waals surface area contributed by atoms with Crippen molar-refractivity contribution in [1.29, 1.82) is 0 Å². The van der Waals surface area contributed by atoms with Crippen molar-refractivity contribution in [1.82, 2.24) is 20.2 Å². The number of hydrogen-bond donors (Lipinski definition) is 2. The number of benzene rings is 1. The summed E-state index contributed by atoms with van der Waals surface area (Å²) in [5.41, 5.74) is 1.90. The molecule has 1 aliphatic carbocycles. The Morgan fingerprint density at radius 1 is 1.11 bits per heavy atom. The lowest BCUT2D eigenvalue weighted by Crippen LogP contribution is -2.46. The molecule has 0 unspecified atom stereocenters. The topological polar surface area (TPSA) is 113 Å². The zero-order valence-corrected chi connectivity index (χ0v) is 19.0. The van der Waals surface area contributed by atoms with E-state index in [2.05, 4.69) is 25.5 Å². The van der Waals surface area contributed by atoms with Crippen LogP contribution in [0.4, 0.5) is 11.5 Å². The molecule has 0 radical (unpaired) electrons. The third kappa shape index (κ3) is 3.78. The highest BCUT2D eigenvalue weighted by Crippen LogP contribution is 2.50. The van der Waals surface area contributed by atoms with E-state index in [1.165, 1.54) is 0 Å². The number of aromatic nitrogens is 4. The Labute approximate surface area is 201 Å². The molecule has 2 aliphatic rings. The first-order chi connectivity index (χ1) is 17.1. The van der Waals surface area contributed by atoms with Gasteiger partial charge in [0.2, 0.25) is 11.8 Å². The number of ether oxygens (including phenoxy) is 1. The highest BCUT2D eigenvalue weighted by atomic mass is 16.5. The molecule has 1 saturated carbocycles. The van der Waals surface area contributed by atoms with Crippen molar-refractivity contribution in [2.45, 2.75) is 37.2 Å². The Balaban J connectivity index is 1.18. The molecule has 1 fully saturated rings. The predicted octanol–water partition coefficient (Wildman–Crippen LogP) is 3.60. The van der Waals surface area contributed by atoms with Gasteiger partial charge in [0.05, 0.1) is 23.9 Å². The van der Waals surface area contributed by atoms with Gasteiger partial charge in [0.15, 0.2) is 5.65 Å². The fraction of sp³-hybridized carbons (Fsp3) is 0.269. The molecule has 1 spiro atoms. The largest absolute Gasteiger partial charge is 0.489 e. The molecule has 0 bridgehead atoms. The molecule has 4 heterocycles. The lowest BCUT2D eigenvalue weighted by Gasteiger charge is -2.36. The van der Waals surface area contributed by atoms with Crippen LogP contribution in [0.15, 0.2) is 67.1 Å². The van der Waals surface area contributed by atoms with Crippen molar-refractivity contribution >= 4 is 34.4 Å². The van der Waals surface area contributed by atoms with Gasteiger partial charge in [-0.1, -0.05) is 24.3 Å². The fourth-order valence-electron chi connectivity index (χ4n) is 5.27. The number of hydrogen-bond acceptors (Lipinski definition) is 6. The average Bonchev–Trinajstić information content (AvgIpc) is 3.43. The highest BCUT2D eigenvalue weighted by Gasteiger charge is 2.52. The number of nitrogens with one attached hydrogen (secondary N) is 2. The summed E-state index contributed by atoms with van der Waals surface area (Å²) in [6.07, 6.45) is 7.81. The molecule has 0 atom stereocenters. The van der Waals surface area contributed by atoms with Crippen LogP contribution in [0.25, 0.3) is 11.0 Å². The van der Waals surface area contributed by atoms with Crippen molar-refractivity contribution in [3.05, 3.63) is 72.7 Å². The molecule has 2 N–H and O–H groups in total. The van der Waals surface area contributed by atoms with Gasteiger partial charge in [-0.3, -0.25) is 14.7 Å². The van der Waals surface area contributed by atoms with E-state index >= 15 is 0 Å². The second-order valence-electron chi connectivity index (χ2n) is 9.05. The minimum absolute atomic E-state index is 0.00626. The number of rotatable bonds is 5. The van der Waals surface area contributed by atoms with Crippen LogP contribution in [0.2, 0.25) is 0 Å². The summed E-state index contributed by atoms with van der Waals surface area (Å²) in [5.74, 6) is 0.872. The van der Waals surface area contributed by atoms with Crippen molar-refractivity contribution in [2.24, 2.45) is 0 Å². The molecule has 176 valence electrons. The highest BCUT2D eigenvalue weighted by molar-refractivity contribution is 6.11. The first kappa shape index (κ1) is 21.3. The van der Waals surface area contributed by atoms with Crippen LogP contribution in [0.3, 0.4) is 0 Å². The van der Waals surface area contributed by atoms with Crippen molar-refractivity contribution in [3.63, 3.8) is 0 Å². The summed E-state index contributed by atoms with van der Waals surface area (Å²) in [4.78, 5) is 36.6. The van der Waals surface area contributed by atoms with Gasteiger partial charge in [-0.2, -0.15) is 5.10 Å². The summed E-state index contributed by atoms with van der Waals surface area (Å²) >= 11 is 0. The Morgan fingerprint density at radius 2 is 1.94 bits per heavy atom. The lowest BCUT2D eigenvalue weighted by molar-refractivity contribution is -0.126. The minimum atomic E-state index is -0.630. The summed E-state index contributed by atoms with van der Waals surface area (Å²) in [6, 6.07) is 15.0. The lowest BCUT2D eigenvalue weighted by atomic mass is 9.69. The van der Waals surface area contributed by atoms with E-state index in [0.717, 1.165) is 35.1 Å². The van der Waals surface area contributed by atoms with Gasteiger partial charge in [-0.25, -0.2) is 9.97 Å². The molecular weight excluding hydrogens is 444 g/mol. The van der Waals surface area contributed by atoms with Gasteiger partial charge in [0, 0.05) is 17.3 Å². The summed E-state index contributed by atoms with van der Waals surface area (Å²) in [5, 5.41) is 10.5. The van der Waals surface area contributed by atoms with Gasteiger partial charge in [0.25, 0.3) is 0 Å². The van der Waals surface area contributed by atoms with E-state index in [0.29, 0.717) is 24.4 Å². The van der Waals surface area contributed by atoms with Crippen molar-refractivity contribution in [3.8, 4) is 5.75 Å². The molecule has 35 heavy (non-hydrogen) atoms. The number of carbonyl (C=O) groups excluding carboxylic acids is 2.